The van der Waals surface area contributed by atoms with Gasteiger partial charge < -0.3 is 11.1 Å². The molecule has 0 atom stereocenters. The third-order valence-corrected chi connectivity index (χ3v) is 2.81. The van der Waals surface area contributed by atoms with Crippen molar-refractivity contribution in [3.8, 4) is 0 Å². The van der Waals surface area contributed by atoms with Gasteiger partial charge in [0.2, 0.25) is 0 Å². The fourth-order valence-electron chi connectivity index (χ4n) is 1.62. The minimum atomic E-state index is -0.572. The van der Waals surface area contributed by atoms with Crippen molar-refractivity contribution in [2.75, 3.05) is 5.73 Å². The molecule has 0 aliphatic heterocycles. The van der Waals surface area contributed by atoms with Gasteiger partial charge in [0.05, 0.1) is 4.92 Å². The van der Waals surface area contributed by atoms with E-state index in [1.54, 1.807) is 0 Å². The number of nitrogens with two attached hydrogens (primary N) is 1. The van der Waals surface area contributed by atoms with Gasteiger partial charge in [-0.25, -0.2) is 0 Å². The second kappa shape index (κ2) is 6.00. The zero-order valence-corrected chi connectivity index (χ0v) is 10.5. The van der Waals surface area contributed by atoms with Crippen LogP contribution in [0.1, 0.15) is 37.0 Å². The molecule has 1 rings (SSSR count). The van der Waals surface area contributed by atoms with Crippen LogP contribution in [0.25, 0.3) is 0 Å². The van der Waals surface area contributed by atoms with Crippen molar-refractivity contribution in [3.63, 3.8) is 0 Å². The molecule has 6 nitrogen and oxygen atoms in total. The van der Waals surface area contributed by atoms with Gasteiger partial charge >= 0.3 is 0 Å². The highest BCUT2D eigenvalue weighted by Crippen LogP contribution is 2.22. The Bertz CT molecular complexity index is 456. The Morgan fingerprint density at radius 3 is 2.50 bits per heavy atom. The summed E-state index contributed by atoms with van der Waals surface area (Å²) in [5, 5.41) is 13.4. The Labute approximate surface area is 105 Å². The Kier molecular flexibility index (Phi) is 4.65. The number of amides is 1. The van der Waals surface area contributed by atoms with E-state index in [-0.39, 0.29) is 23.3 Å². The smallest absolute Gasteiger partial charge is 0.292 e. The van der Waals surface area contributed by atoms with Crippen molar-refractivity contribution in [2.45, 2.75) is 32.7 Å². The maximum atomic E-state index is 11.9. The van der Waals surface area contributed by atoms with Gasteiger partial charge in [0.25, 0.3) is 11.6 Å². The summed E-state index contributed by atoms with van der Waals surface area (Å²) in [6, 6.07) is 4.09. The van der Waals surface area contributed by atoms with Crippen LogP contribution in [0.15, 0.2) is 18.2 Å². The molecule has 6 heteroatoms. The molecule has 0 aromatic heterocycles. The lowest BCUT2D eigenvalue weighted by Gasteiger charge is -2.14. The van der Waals surface area contributed by atoms with Crippen molar-refractivity contribution >= 4 is 17.3 Å². The topological polar surface area (TPSA) is 98.3 Å². The van der Waals surface area contributed by atoms with Gasteiger partial charge in [-0.1, -0.05) is 13.8 Å². The van der Waals surface area contributed by atoms with Crippen LogP contribution in [0.4, 0.5) is 11.4 Å². The van der Waals surface area contributed by atoms with Crippen molar-refractivity contribution in [2.24, 2.45) is 0 Å². The van der Waals surface area contributed by atoms with Crippen molar-refractivity contribution in [1.82, 2.24) is 5.32 Å². The number of nitro benzene ring substituents is 1. The zero-order chi connectivity index (χ0) is 13.7. The molecule has 0 saturated heterocycles. The maximum Gasteiger partial charge on any atom is 0.292 e. The molecule has 0 fully saturated rings. The van der Waals surface area contributed by atoms with E-state index in [9.17, 15) is 14.9 Å². The monoisotopic (exact) mass is 251 g/mol. The van der Waals surface area contributed by atoms with Gasteiger partial charge in [-0.2, -0.15) is 0 Å². The molecule has 0 spiro atoms. The molecule has 3 N–H and O–H groups in total. The first-order chi connectivity index (χ1) is 8.49. The number of nitrogen functional groups attached to an aromatic ring is 1. The second-order valence-electron chi connectivity index (χ2n) is 4.02. The summed E-state index contributed by atoms with van der Waals surface area (Å²) >= 11 is 0. The van der Waals surface area contributed by atoms with Crippen LogP contribution < -0.4 is 11.1 Å². The summed E-state index contributed by atoms with van der Waals surface area (Å²) in [5.41, 5.74) is 5.68. The average molecular weight is 251 g/mol. The van der Waals surface area contributed by atoms with Gasteiger partial charge in [-0.05, 0) is 25.0 Å². The fourth-order valence-corrected chi connectivity index (χ4v) is 1.62. The molecule has 0 bridgehead atoms. The number of rotatable bonds is 5. The Hall–Kier alpha value is -2.11. The lowest BCUT2D eigenvalue weighted by Crippen LogP contribution is -2.33. The van der Waals surface area contributed by atoms with E-state index in [0.717, 1.165) is 12.8 Å². The van der Waals surface area contributed by atoms with Crippen molar-refractivity contribution in [3.05, 3.63) is 33.9 Å². The maximum absolute atomic E-state index is 11.9. The number of anilines is 1. The Morgan fingerprint density at radius 1 is 1.44 bits per heavy atom. The molecule has 0 unspecified atom stereocenters. The number of hydrogen-bond donors (Lipinski definition) is 2. The number of hydrogen-bond acceptors (Lipinski definition) is 4. The van der Waals surface area contributed by atoms with Gasteiger partial charge in [0.1, 0.15) is 5.69 Å². The Balaban J connectivity index is 2.88. The summed E-state index contributed by atoms with van der Waals surface area (Å²) in [7, 11) is 0. The highest BCUT2D eigenvalue weighted by atomic mass is 16.6. The van der Waals surface area contributed by atoms with E-state index in [2.05, 4.69) is 5.32 Å². The third kappa shape index (κ3) is 3.19. The van der Waals surface area contributed by atoms with Gasteiger partial charge in [-0.3, -0.25) is 14.9 Å². The normalized spacial score (nSPS) is 10.4. The molecular weight excluding hydrogens is 234 g/mol. The average Bonchev–Trinajstić information content (AvgIpc) is 2.34. The molecular formula is C12H17N3O3. The third-order valence-electron chi connectivity index (χ3n) is 2.81. The molecule has 0 saturated carbocycles. The van der Waals surface area contributed by atoms with E-state index in [1.165, 1.54) is 18.2 Å². The van der Waals surface area contributed by atoms with Crippen LogP contribution in [0.5, 0.6) is 0 Å². The SMILES string of the molecule is CCC(CC)NC(=O)c1ccc([N+](=O)[O-])c(N)c1. The first-order valence-electron chi connectivity index (χ1n) is 5.84. The standard InChI is InChI=1S/C12H17N3O3/c1-3-9(4-2)14-12(16)8-5-6-11(15(17)18)10(13)7-8/h5-7,9H,3-4,13H2,1-2H3,(H,14,16). The number of benzene rings is 1. The van der Waals surface area contributed by atoms with Gasteiger partial charge in [0, 0.05) is 17.7 Å². The van der Waals surface area contributed by atoms with Crippen LogP contribution in [0, 0.1) is 10.1 Å². The lowest BCUT2D eigenvalue weighted by molar-refractivity contribution is -0.383. The first kappa shape index (κ1) is 14.0. The minimum Gasteiger partial charge on any atom is -0.393 e. The first-order valence-corrected chi connectivity index (χ1v) is 5.84. The van der Waals surface area contributed by atoms with Gasteiger partial charge in [0.15, 0.2) is 0 Å². The molecule has 0 aliphatic carbocycles. The summed E-state index contributed by atoms with van der Waals surface area (Å²) in [4.78, 5) is 21.9. The molecule has 0 aliphatic rings. The fraction of sp³-hybridized carbons (Fsp3) is 0.417. The summed E-state index contributed by atoms with van der Waals surface area (Å²) in [6.45, 7) is 3.97. The highest BCUT2D eigenvalue weighted by molar-refractivity contribution is 5.95. The molecule has 1 amide bonds. The predicted molar refractivity (Wildman–Crippen MR) is 69.3 cm³/mol. The van der Waals surface area contributed by atoms with Crippen LogP contribution in [-0.2, 0) is 0 Å². The molecule has 1 aromatic carbocycles. The molecule has 18 heavy (non-hydrogen) atoms. The minimum absolute atomic E-state index is 0.00260. The number of nitro groups is 1. The van der Waals surface area contributed by atoms with Crippen LogP contribution >= 0.6 is 0 Å². The number of nitrogens with one attached hydrogen (secondary N) is 1. The van der Waals surface area contributed by atoms with Crippen molar-refractivity contribution < 1.29 is 9.72 Å². The van der Waals surface area contributed by atoms with E-state index in [0.29, 0.717) is 5.56 Å². The Morgan fingerprint density at radius 2 is 2.06 bits per heavy atom. The van der Waals surface area contributed by atoms with Gasteiger partial charge in [-0.15, -0.1) is 0 Å². The predicted octanol–water partition coefficient (Wildman–Crippen LogP) is 2.10. The molecule has 1 aromatic rings. The van der Waals surface area contributed by atoms with E-state index >= 15 is 0 Å². The van der Waals surface area contributed by atoms with Crippen LogP contribution in [0.3, 0.4) is 0 Å². The number of carbonyl (C=O) groups excluding carboxylic acids is 1. The number of carbonyl (C=O) groups is 1. The zero-order valence-electron chi connectivity index (χ0n) is 10.5. The van der Waals surface area contributed by atoms with E-state index in [1.807, 2.05) is 13.8 Å². The second-order valence-corrected chi connectivity index (χ2v) is 4.02. The summed E-state index contributed by atoms with van der Waals surface area (Å²) in [6.07, 6.45) is 1.68. The largest absolute Gasteiger partial charge is 0.393 e. The highest BCUT2D eigenvalue weighted by Gasteiger charge is 2.15. The summed E-state index contributed by atoms with van der Waals surface area (Å²) < 4.78 is 0. The molecule has 98 valence electrons. The molecule has 0 heterocycles. The number of nitrogens with zero attached hydrogens (tertiary/aromatic N) is 1. The van der Waals surface area contributed by atoms with E-state index in [4.69, 9.17) is 5.73 Å². The van der Waals surface area contributed by atoms with Crippen molar-refractivity contribution in [1.29, 1.82) is 0 Å². The quantitative estimate of drug-likeness (QED) is 0.475. The van der Waals surface area contributed by atoms with E-state index < -0.39 is 4.92 Å². The lowest BCUT2D eigenvalue weighted by atomic mass is 10.1. The van der Waals surface area contributed by atoms with Crippen LogP contribution in [0.2, 0.25) is 0 Å². The van der Waals surface area contributed by atoms with Crippen LogP contribution in [-0.4, -0.2) is 16.9 Å². The summed E-state index contributed by atoms with van der Waals surface area (Å²) in [5.74, 6) is -0.259. The molecule has 0 radical (unpaired) electrons.